The van der Waals surface area contributed by atoms with E-state index in [2.05, 4.69) is 0 Å². The van der Waals surface area contributed by atoms with Crippen molar-refractivity contribution in [3.05, 3.63) is 4.72 Å². The van der Waals surface area contributed by atoms with E-state index >= 15 is 0 Å². The van der Waals surface area contributed by atoms with Crippen LogP contribution in [-0.2, 0) is 10.0 Å². The summed E-state index contributed by atoms with van der Waals surface area (Å²) in [4.78, 5) is 0. The van der Waals surface area contributed by atoms with E-state index in [4.69, 9.17) is 0 Å². The quantitative estimate of drug-likeness (QED) is 0.726. The Morgan fingerprint density at radius 3 is 1.53 bits per heavy atom. The highest BCUT2D eigenvalue weighted by atomic mass is 32.2. The van der Waals surface area contributed by atoms with Gasteiger partial charge in [0.05, 0.1) is 0 Å². The number of sulfonamides is 1. The highest BCUT2D eigenvalue weighted by Gasteiger charge is 2.72. The Balaban J connectivity index is 5.60. The molecule has 10 heteroatoms. The summed E-state index contributed by atoms with van der Waals surface area (Å²) in [5.74, 6) is -11.2. The summed E-state index contributed by atoms with van der Waals surface area (Å²) in [5, 5.41) is -5.95. The number of alkyl halides is 6. The summed E-state index contributed by atoms with van der Waals surface area (Å²) in [6.45, 7) is -0.508. The van der Waals surface area contributed by atoms with E-state index in [0.29, 0.717) is 0 Å². The first-order chi connectivity index (χ1) is 6.31. The zero-order valence-electron chi connectivity index (χ0n) is 7.44. The van der Waals surface area contributed by atoms with Crippen LogP contribution in [0.2, 0.25) is 0 Å². The molecule has 15 heavy (non-hydrogen) atoms. The molecule has 0 aromatic heterocycles. The summed E-state index contributed by atoms with van der Waals surface area (Å²) >= 11 is 0. The van der Waals surface area contributed by atoms with Crippen LogP contribution in [0.25, 0.3) is 4.72 Å². The molecule has 0 aromatic rings. The van der Waals surface area contributed by atoms with Gasteiger partial charge in [0.25, 0.3) is 0 Å². The topological polar surface area (TPSA) is 48.2 Å². The second kappa shape index (κ2) is 3.51. The van der Waals surface area contributed by atoms with Crippen LogP contribution in [0.15, 0.2) is 0 Å². The smallest absolute Gasteiger partial charge is 0.397 e. The van der Waals surface area contributed by atoms with Gasteiger partial charge in [-0.1, -0.05) is 0 Å². The molecular formula is C5H6F6NO2S-. The maximum Gasteiger partial charge on any atom is 0.397 e. The minimum atomic E-state index is -6.03. The second-order valence-electron chi connectivity index (χ2n) is 2.64. The molecule has 0 aromatic carbocycles. The Morgan fingerprint density at radius 2 is 1.33 bits per heavy atom. The summed E-state index contributed by atoms with van der Waals surface area (Å²) < 4.78 is 97.0. The molecule has 0 atom stereocenters. The summed E-state index contributed by atoms with van der Waals surface area (Å²) in [6, 6.07) is 0. The van der Waals surface area contributed by atoms with Crippen molar-refractivity contribution in [3.63, 3.8) is 0 Å². The van der Waals surface area contributed by atoms with Gasteiger partial charge >= 0.3 is 17.1 Å². The molecular weight excluding hydrogens is 252 g/mol. The van der Waals surface area contributed by atoms with Crippen molar-refractivity contribution in [3.8, 4) is 0 Å². The Morgan fingerprint density at radius 1 is 1.00 bits per heavy atom. The van der Waals surface area contributed by atoms with Gasteiger partial charge in [-0.25, -0.2) is 8.42 Å². The lowest BCUT2D eigenvalue weighted by molar-refractivity contribution is -0.271. The largest absolute Gasteiger partial charge is 0.546 e. The van der Waals surface area contributed by atoms with Crippen molar-refractivity contribution in [2.24, 2.45) is 0 Å². The fraction of sp³-hybridized carbons (Fsp3) is 1.00. The molecule has 3 nitrogen and oxygen atoms in total. The number of halogens is 6. The Labute approximate surface area is 81.5 Å². The molecule has 0 saturated carbocycles. The fourth-order valence-electron chi connectivity index (χ4n) is 0.532. The zero-order valence-corrected chi connectivity index (χ0v) is 8.26. The average molecular weight is 258 g/mol. The van der Waals surface area contributed by atoms with Gasteiger partial charge in [0.1, 0.15) is 10.0 Å². The summed E-state index contributed by atoms with van der Waals surface area (Å²) in [5.41, 5.74) is 0. The lowest BCUT2D eigenvalue weighted by Crippen LogP contribution is -2.56. The SMILES string of the molecule is C[N-]S(=O)(=O)C(F)(F)C(F)(F)C(C)(F)F. The van der Waals surface area contributed by atoms with Gasteiger partial charge < -0.3 is 4.72 Å². The van der Waals surface area contributed by atoms with Gasteiger partial charge in [-0.15, -0.1) is 0 Å². The van der Waals surface area contributed by atoms with E-state index in [1.165, 1.54) is 0 Å². The van der Waals surface area contributed by atoms with E-state index < -0.39 is 34.0 Å². The summed E-state index contributed by atoms with van der Waals surface area (Å²) in [6.07, 6.45) is 0. The van der Waals surface area contributed by atoms with Gasteiger partial charge in [-0.3, -0.25) is 0 Å². The molecule has 0 fully saturated rings. The third-order valence-electron chi connectivity index (χ3n) is 1.48. The van der Waals surface area contributed by atoms with Gasteiger partial charge in [-0.05, 0) is 0 Å². The predicted octanol–water partition coefficient (Wildman–Crippen LogP) is 2.20. The second-order valence-corrected chi connectivity index (χ2v) is 4.47. The van der Waals surface area contributed by atoms with E-state index in [1.54, 1.807) is 0 Å². The minimum absolute atomic E-state index is 0.285. The molecule has 0 heterocycles. The van der Waals surface area contributed by atoms with Crippen LogP contribution < -0.4 is 0 Å². The number of nitrogens with zero attached hydrogens (tertiary/aromatic N) is 1. The van der Waals surface area contributed by atoms with Gasteiger partial charge in [0, 0.05) is 6.92 Å². The molecule has 0 spiro atoms. The fourth-order valence-corrected chi connectivity index (χ4v) is 1.26. The monoisotopic (exact) mass is 258 g/mol. The molecule has 0 bridgehead atoms. The first kappa shape index (κ1) is 14.5. The first-order valence-electron chi connectivity index (χ1n) is 3.30. The molecule has 92 valence electrons. The van der Waals surface area contributed by atoms with Crippen LogP contribution >= 0.6 is 0 Å². The molecule has 0 unspecified atom stereocenters. The Hall–Kier alpha value is -0.510. The van der Waals surface area contributed by atoms with E-state index in [0.717, 1.165) is 0 Å². The normalized spacial score (nSPS) is 15.5. The van der Waals surface area contributed by atoms with Crippen LogP contribution in [0.1, 0.15) is 6.92 Å². The maximum atomic E-state index is 12.6. The van der Waals surface area contributed by atoms with Gasteiger partial charge in [0.2, 0.25) is 0 Å². The lowest BCUT2D eigenvalue weighted by Gasteiger charge is -2.33. The van der Waals surface area contributed by atoms with Gasteiger partial charge in [-0.2, -0.15) is 33.4 Å². The molecule has 0 aliphatic carbocycles. The molecule has 0 aliphatic rings. The Kier molecular flexibility index (Phi) is 3.39. The van der Waals surface area contributed by atoms with E-state index in [1.807, 2.05) is 4.72 Å². The van der Waals surface area contributed by atoms with E-state index in [9.17, 15) is 34.8 Å². The first-order valence-corrected chi connectivity index (χ1v) is 4.74. The molecule has 0 amide bonds. The summed E-state index contributed by atoms with van der Waals surface area (Å²) in [7, 11) is -5.69. The molecule has 0 radical (unpaired) electrons. The third-order valence-corrected chi connectivity index (χ3v) is 2.87. The lowest BCUT2D eigenvalue weighted by atomic mass is 10.2. The molecule has 0 rings (SSSR count). The number of rotatable bonds is 4. The van der Waals surface area contributed by atoms with Crippen molar-refractivity contribution in [2.75, 3.05) is 7.05 Å². The minimum Gasteiger partial charge on any atom is -0.546 e. The Bertz CT molecular complexity index is 332. The molecule has 0 saturated heterocycles. The maximum absolute atomic E-state index is 12.6. The van der Waals surface area contributed by atoms with Gasteiger partial charge in [0.15, 0.2) is 0 Å². The predicted molar refractivity (Wildman–Crippen MR) is 38.7 cm³/mol. The third kappa shape index (κ3) is 2.05. The average Bonchev–Trinajstić information content (AvgIpc) is 2.01. The van der Waals surface area contributed by atoms with Crippen LogP contribution in [0.4, 0.5) is 26.3 Å². The highest BCUT2D eigenvalue weighted by Crippen LogP contribution is 2.49. The van der Waals surface area contributed by atoms with E-state index in [-0.39, 0.29) is 7.05 Å². The van der Waals surface area contributed by atoms with Crippen molar-refractivity contribution in [2.45, 2.75) is 24.0 Å². The number of hydrogen-bond acceptors (Lipinski definition) is 2. The molecule has 0 N–H and O–H groups in total. The van der Waals surface area contributed by atoms with Crippen LogP contribution in [0.3, 0.4) is 0 Å². The molecule has 0 aliphatic heterocycles. The number of hydrogen-bond donors (Lipinski definition) is 0. The van der Waals surface area contributed by atoms with Crippen LogP contribution in [0.5, 0.6) is 0 Å². The van der Waals surface area contributed by atoms with Crippen molar-refractivity contribution in [1.29, 1.82) is 0 Å². The zero-order chi connectivity index (χ0) is 12.7. The van der Waals surface area contributed by atoms with Crippen molar-refractivity contribution < 1.29 is 34.8 Å². The highest BCUT2D eigenvalue weighted by molar-refractivity contribution is 7.95. The van der Waals surface area contributed by atoms with Crippen LogP contribution in [-0.4, -0.2) is 32.6 Å². The van der Waals surface area contributed by atoms with Crippen molar-refractivity contribution in [1.82, 2.24) is 0 Å². The standard InChI is InChI=1S/C5H6F6NO2S/c1-3(6,7)4(8,9)5(10,11)15(13,14)12-2/h1-2H3/q-1. The van der Waals surface area contributed by atoms with Crippen molar-refractivity contribution >= 4 is 10.0 Å². The van der Waals surface area contributed by atoms with Crippen LogP contribution in [0, 0.1) is 0 Å².